The summed E-state index contributed by atoms with van der Waals surface area (Å²) in [7, 11) is 0. The maximum absolute atomic E-state index is 13.4. The van der Waals surface area contributed by atoms with Gasteiger partial charge in [0, 0.05) is 11.5 Å². The Hall–Kier alpha value is -1.10. The minimum Gasteiger partial charge on any atom is -0.351 e. The van der Waals surface area contributed by atoms with Gasteiger partial charge in [-0.2, -0.15) is 0 Å². The molecule has 0 aromatic carbocycles. The molecule has 5 aliphatic rings. The minimum absolute atomic E-state index is 0.00169. The van der Waals surface area contributed by atoms with Crippen LogP contribution in [0.25, 0.3) is 0 Å². The molecule has 4 saturated carbocycles. The first kappa shape index (κ1) is 19.2. The quantitative estimate of drug-likeness (QED) is 0.691. The third kappa shape index (κ3) is 3.76. The molecule has 27 heavy (non-hydrogen) atoms. The molecule has 0 radical (unpaired) electrons. The molecule has 5 fully saturated rings. The molecule has 4 aliphatic carbocycles. The van der Waals surface area contributed by atoms with E-state index < -0.39 is 6.04 Å². The maximum atomic E-state index is 13.4. The fourth-order valence-corrected chi connectivity index (χ4v) is 6.72. The van der Waals surface area contributed by atoms with Gasteiger partial charge in [0.05, 0.1) is 0 Å². The molecule has 1 aliphatic heterocycles. The Morgan fingerprint density at radius 2 is 1.63 bits per heavy atom. The zero-order valence-electron chi connectivity index (χ0n) is 17.2. The van der Waals surface area contributed by atoms with Crippen molar-refractivity contribution in [2.75, 3.05) is 13.1 Å². The molecule has 2 amide bonds. The first-order valence-corrected chi connectivity index (χ1v) is 11.2. The molecule has 0 aromatic heterocycles. The molecule has 152 valence electrons. The first-order valence-electron chi connectivity index (χ1n) is 11.2. The molecule has 3 unspecified atom stereocenters. The fourth-order valence-electron chi connectivity index (χ4n) is 6.72. The molecule has 4 bridgehead atoms. The summed E-state index contributed by atoms with van der Waals surface area (Å²) in [6.45, 7) is 8.14. The van der Waals surface area contributed by atoms with Crippen LogP contribution in [0, 0.1) is 35.0 Å². The van der Waals surface area contributed by atoms with Gasteiger partial charge >= 0.3 is 0 Å². The van der Waals surface area contributed by atoms with E-state index in [0.717, 1.165) is 56.5 Å². The van der Waals surface area contributed by atoms with Gasteiger partial charge in [-0.15, -0.1) is 0 Å². The second kappa shape index (κ2) is 7.38. The van der Waals surface area contributed by atoms with E-state index in [-0.39, 0.29) is 29.2 Å². The van der Waals surface area contributed by atoms with Crippen LogP contribution in [0.4, 0.5) is 0 Å². The normalized spacial score (nSPS) is 41.4. The summed E-state index contributed by atoms with van der Waals surface area (Å²) in [6.07, 6.45) is 8.07. The third-order valence-electron chi connectivity index (χ3n) is 7.87. The number of hydrogen-bond acceptors (Lipinski definition) is 3. The number of piperidine rings is 1. The van der Waals surface area contributed by atoms with Crippen LogP contribution < -0.4 is 16.0 Å². The predicted molar refractivity (Wildman–Crippen MR) is 106 cm³/mol. The van der Waals surface area contributed by atoms with Gasteiger partial charge in [-0.1, -0.05) is 20.8 Å². The van der Waals surface area contributed by atoms with Crippen LogP contribution in [-0.4, -0.2) is 37.0 Å². The van der Waals surface area contributed by atoms with Gasteiger partial charge in [0.25, 0.3) is 0 Å². The Kier molecular flexibility index (Phi) is 5.26. The summed E-state index contributed by atoms with van der Waals surface area (Å²) in [5.41, 5.74) is -0.190. The zero-order chi connectivity index (χ0) is 19.2. The molecule has 5 rings (SSSR count). The van der Waals surface area contributed by atoms with Crippen LogP contribution in [0.1, 0.15) is 65.7 Å². The fraction of sp³-hybridized carbons (Fsp3) is 0.909. The highest BCUT2D eigenvalue weighted by molar-refractivity contribution is 5.90. The molecule has 1 saturated heterocycles. The highest BCUT2D eigenvalue weighted by Crippen LogP contribution is 2.60. The van der Waals surface area contributed by atoms with Gasteiger partial charge in [-0.3, -0.25) is 9.59 Å². The molecular weight excluding hydrogens is 338 g/mol. The van der Waals surface area contributed by atoms with Crippen molar-refractivity contribution < 1.29 is 9.59 Å². The average molecular weight is 376 g/mol. The topological polar surface area (TPSA) is 70.2 Å². The smallest absolute Gasteiger partial charge is 0.243 e. The van der Waals surface area contributed by atoms with Gasteiger partial charge in [0.15, 0.2) is 0 Å². The number of carbonyl (C=O) groups excluding carboxylic acids is 2. The van der Waals surface area contributed by atoms with Crippen molar-refractivity contribution >= 4 is 11.8 Å². The van der Waals surface area contributed by atoms with Crippen LogP contribution in [0.5, 0.6) is 0 Å². The Balaban J connectivity index is 1.42. The van der Waals surface area contributed by atoms with Gasteiger partial charge in [0.2, 0.25) is 11.8 Å². The molecule has 3 atom stereocenters. The Bertz CT molecular complexity index is 553. The number of nitrogens with one attached hydrogen (secondary N) is 3. The van der Waals surface area contributed by atoms with Crippen LogP contribution in [0.3, 0.4) is 0 Å². The summed E-state index contributed by atoms with van der Waals surface area (Å²) in [5, 5.41) is 9.82. The molecule has 0 spiro atoms. The monoisotopic (exact) mass is 375 g/mol. The number of rotatable bonds is 5. The minimum atomic E-state index is -0.424. The van der Waals surface area contributed by atoms with E-state index in [1.54, 1.807) is 0 Å². The van der Waals surface area contributed by atoms with E-state index in [1.165, 1.54) is 19.3 Å². The molecule has 1 heterocycles. The lowest BCUT2D eigenvalue weighted by atomic mass is 9.49. The SMILES string of the molecule is CC(C)C(NC(=O)C12CC3CC(CC(C3)C1)C2)C(=O)NC1CCNCC1C. The van der Waals surface area contributed by atoms with Crippen molar-refractivity contribution in [2.24, 2.45) is 35.0 Å². The second-order valence-electron chi connectivity index (χ2n) is 10.5. The van der Waals surface area contributed by atoms with Crippen LogP contribution in [0.15, 0.2) is 0 Å². The Morgan fingerprint density at radius 1 is 1.04 bits per heavy atom. The average Bonchev–Trinajstić information content (AvgIpc) is 2.59. The summed E-state index contributed by atoms with van der Waals surface area (Å²) in [6, 6.07) is -0.218. The van der Waals surface area contributed by atoms with E-state index in [2.05, 4.69) is 22.9 Å². The summed E-state index contributed by atoms with van der Waals surface area (Å²) >= 11 is 0. The second-order valence-corrected chi connectivity index (χ2v) is 10.5. The van der Waals surface area contributed by atoms with Crippen LogP contribution in [-0.2, 0) is 9.59 Å². The van der Waals surface area contributed by atoms with Crippen molar-refractivity contribution in [1.29, 1.82) is 0 Å². The van der Waals surface area contributed by atoms with Crippen molar-refractivity contribution in [3.8, 4) is 0 Å². The third-order valence-corrected chi connectivity index (χ3v) is 7.87. The standard InChI is InChI=1S/C22H37N3O2/c1-13(2)19(20(26)24-18-4-5-23-12-14(18)3)25-21(27)22-9-15-6-16(10-22)8-17(7-15)11-22/h13-19,23H,4-12H2,1-3H3,(H,24,26)(H,25,27). The van der Waals surface area contributed by atoms with Gasteiger partial charge in [-0.25, -0.2) is 0 Å². The Labute approximate surface area is 163 Å². The molecule has 0 aromatic rings. The molecular formula is C22H37N3O2. The zero-order valence-corrected chi connectivity index (χ0v) is 17.2. The summed E-state index contributed by atoms with van der Waals surface area (Å²) < 4.78 is 0. The highest BCUT2D eigenvalue weighted by Gasteiger charge is 2.55. The van der Waals surface area contributed by atoms with Gasteiger partial charge < -0.3 is 16.0 Å². The predicted octanol–water partition coefficient (Wildman–Crippen LogP) is 2.46. The largest absolute Gasteiger partial charge is 0.351 e. The number of hydrogen-bond donors (Lipinski definition) is 3. The highest BCUT2D eigenvalue weighted by atomic mass is 16.2. The van der Waals surface area contributed by atoms with Crippen LogP contribution >= 0.6 is 0 Å². The maximum Gasteiger partial charge on any atom is 0.243 e. The van der Waals surface area contributed by atoms with Gasteiger partial charge in [0.1, 0.15) is 6.04 Å². The lowest BCUT2D eigenvalue weighted by Crippen LogP contribution is -2.60. The summed E-state index contributed by atoms with van der Waals surface area (Å²) in [4.78, 5) is 26.4. The van der Waals surface area contributed by atoms with E-state index in [9.17, 15) is 9.59 Å². The number of carbonyl (C=O) groups is 2. The van der Waals surface area contributed by atoms with Crippen molar-refractivity contribution in [3.05, 3.63) is 0 Å². The van der Waals surface area contributed by atoms with Crippen molar-refractivity contribution in [3.63, 3.8) is 0 Å². The molecule has 5 nitrogen and oxygen atoms in total. The lowest BCUT2D eigenvalue weighted by Gasteiger charge is -2.55. The number of amides is 2. The van der Waals surface area contributed by atoms with Crippen molar-refractivity contribution in [1.82, 2.24) is 16.0 Å². The Morgan fingerprint density at radius 3 is 2.15 bits per heavy atom. The van der Waals surface area contributed by atoms with Gasteiger partial charge in [-0.05, 0) is 87.6 Å². The lowest BCUT2D eigenvalue weighted by molar-refractivity contribution is -0.149. The van der Waals surface area contributed by atoms with E-state index in [4.69, 9.17) is 0 Å². The first-order chi connectivity index (χ1) is 12.9. The van der Waals surface area contributed by atoms with E-state index >= 15 is 0 Å². The molecule has 3 N–H and O–H groups in total. The van der Waals surface area contributed by atoms with Crippen molar-refractivity contribution in [2.45, 2.75) is 77.8 Å². The van der Waals surface area contributed by atoms with E-state index in [1.807, 2.05) is 13.8 Å². The molecule has 5 heteroatoms. The van der Waals surface area contributed by atoms with Crippen LogP contribution in [0.2, 0.25) is 0 Å². The summed E-state index contributed by atoms with van der Waals surface area (Å²) in [5.74, 6) is 2.90. The van der Waals surface area contributed by atoms with E-state index in [0.29, 0.717) is 5.92 Å².